The van der Waals surface area contributed by atoms with Crippen molar-refractivity contribution < 1.29 is 28.2 Å². The van der Waals surface area contributed by atoms with E-state index in [4.69, 9.17) is 0 Å². The summed E-state index contributed by atoms with van der Waals surface area (Å²) in [7, 11) is 1.94. The van der Waals surface area contributed by atoms with E-state index in [0.29, 0.717) is 45.0 Å². The van der Waals surface area contributed by atoms with Crippen LogP contribution >= 0.6 is 0 Å². The molecule has 2 aromatic rings. The third kappa shape index (κ3) is 6.60. The fourth-order valence-electron chi connectivity index (χ4n) is 3.63. The van der Waals surface area contributed by atoms with Crippen LogP contribution < -0.4 is 15.1 Å². The molecule has 0 saturated carbocycles. The summed E-state index contributed by atoms with van der Waals surface area (Å²) in [6.45, 7) is 3.90. The minimum absolute atomic E-state index is 0.0814. The maximum atomic E-state index is 13.2. The van der Waals surface area contributed by atoms with Gasteiger partial charge in [0.2, 0.25) is 0 Å². The van der Waals surface area contributed by atoms with Crippen LogP contribution in [0.15, 0.2) is 48.5 Å². The molecule has 1 atom stereocenters. The van der Waals surface area contributed by atoms with Crippen molar-refractivity contribution in [1.82, 2.24) is 4.90 Å². The molecule has 2 aromatic carbocycles. The Bertz CT molecular complexity index is 868. The molecule has 30 heavy (non-hydrogen) atoms. The van der Waals surface area contributed by atoms with Crippen LogP contribution in [0.3, 0.4) is 0 Å². The Hall–Kier alpha value is -2.84. The number of halogens is 2. The fourth-order valence-corrected chi connectivity index (χ4v) is 3.63. The Morgan fingerprint density at radius 3 is 2.43 bits per heavy atom. The van der Waals surface area contributed by atoms with Crippen LogP contribution in [0.1, 0.15) is 5.56 Å². The number of piperazine rings is 1. The van der Waals surface area contributed by atoms with Crippen molar-refractivity contribution in [2.75, 3.05) is 51.6 Å². The molecule has 0 aliphatic carbocycles. The van der Waals surface area contributed by atoms with Crippen molar-refractivity contribution in [2.45, 2.75) is 6.54 Å². The molecule has 0 spiro atoms. The summed E-state index contributed by atoms with van der Waals surface area (Å²) in [6.07, 6.45) is 0. The number of hydrogen-bond acceptors (Lipinski definition) is 2. The molecule has 1 saturated heterocycles. The first kappa shape index (κ1) is 21.9. The first-order valence-corrected chi connectivity index (χ1v) is 10.1. The van der Waals surface area contributed by atoms with Crippen molar-refractivity contribution in [1.29, 1.82) is 0 Å². The zero-order chi connectivity index (χ0) is 21.5. The zero-order valence-corrected chi connectivity index (χ0v) is 17.1. The van der Waals surface area contributed by atoms with E-state index in [1.807, 2.05) is 11.9 Å². The van der Waals surface area contributed by atoms with Gasteiger partial charge in [0.1, 0.15) is 18.2 Å². The van der Waals surface area contributed by atoms with Crippen LogP contribution in [-0.4, -0.2) is 63.0 Å². The predicted molar refractivity (Wildman–Crippen MR) is 109 cm³/mol. The van der Waals surface area contributed by atoms with E-state index in [0.717, 1.165) is 15.4 Å². The highest BCUT2D eigenvalue weighted by Gasteiger charge is 2.26. The normalized spacial score (nSPS) is 15.6. The first-order valence-electron chi connectivity index (χ1n) is 10.1. The number of carbonyl (C=O) groups is 2. The van der Waals surface area contributed by atoms with Crippen LogP contribution in [0.4, 0.5) is 14.5 Å². The van der Waals surface area contributed by atoms with Crippen molar-refractivity contribution in [3.8, 4) is 0 Å². The van der Waals surface area contributed by atoms with Crippen LogP contribution in [0, 0.1) is 11.6 Å². The third-order valence-corrected chi connectivity index (χ3v) is 5.21. The summed E-state index contributed by atoms with van der Waals surface area (Å²) in [5.41, 5.74) is 1.43. The Kier molecular flexibility index (Phi) is 7.48. The predicted octanol–water partition coefficient (Wildman–Crippen LogP) is -0.655. The van der Waals surface area contributed by atoms with E-state index < -0.39 is 5.82 Å². The van der Waals surface area contributed by atoms with Gasteiger partial charge >= 0.3 is 0 Å². The molecule has 1 aliphatic heterocycles. The van der Waals surface area contributed by atoms with E-state index in [1.54, 1.807) is 24.3 Å². The van der Waals surface area contributed by atoms with Crippen molar-refractivity contribution in [2.24, 2.45) is 0 Å². The summed E-state index contributed by atoms with van der Waals surface area (Å²) in [5.74, 6) is -0.743. The Balaban J connectivity index is 1.39. The molecule has 0 radical (unpaired) electrons. The lowest BCUT2D eigenvalue weighted by atomic mass is 10.2. The Morgan fingerprint density at radius 1 is 1.07 bits per heavy atom. The Labute approximate surface area is 175 Å². The monoisotopic (exact) mass is 418 g/mol. The highest BCUT2D eigenvalue weighted by molar-refractivity contribution is 5.91. The molecular weight excluding hydrogens is 390 g/mol. The van der Waals surface area contributed by atoms with Gasteiger partial charge in [-0.05, 0) is 30.3 Å². The highest BCUT2D eigenvalue weighted by atomic mass is 19.1. The lowest BCUT2D eigenvalue weighted by molar-refractivity contribution is -0.896. The van der Waals surface area contributed by atoms with Gasteiger partial charge in [0.15, 0.2) is 13.1 Å². The van der Waals surface area contributed by atoms with Gasteiger partial charge in [-0.15, -0.1) is 0 Å². The van der Waals surface area contributed by atoms with Gasteiger partial charge in [-0.25, -0.2) is 8.78 Å². The van der Waals surface area contributed by atoms with E-state index in [-0.39, 0.29) is 24.2 Å². The fraction of sp³-hybridized carbons (Fsp3) is 0.364. The minimum Gasteiger partial charge on any atom is -0.327 e. The van der Waals surface area contributed by atoms with Crippen molar-refractivity contribution in [3.63, 3.8) is 0 Å². The van der Waals surface area contributed by atoms with Crippen LogP contribution in [0.5, 0.6) is 0 Å². The maximum absolute atomic E-state index is 13.2. The number of amides is 2. The quantitative estimate of drug-likeness (QED) is 0.560. The molecule has 1 heterocycles. The summed E-state index contributed by atoms with van der Waals surface area (Å²) in [5, 5.41) is 2.71. The number of nitrogens with zero attached hydrogens (tertiary/aromatic N) is 1. The van der Waals surface area contributed by atoms with Crippen LogP contribution in [0.25, 0.3) is 0 Å². The number of anilines is 1. The molecule has 1 fully saturated rings. The van der Waals surface area contributed by atoms with E-state index in [9.17, 15) is 18.4 Å². The van der Waals surface area contributed by atoms with Crippen LogP contribution in [-0.2, 0) is 16.1 Å². The summed E-state index contributed by atoms with van der Waals surface area (Å²) < 4.78 is 26.2. The maximum Gasteiger partial charge on any atom is 0.279 e. The van der Waals surface area contributed by atoms with Gasteiger partial charge in [0.05, 0.1) is 33.2 Å². The number of likely N-dealkylation sites (N-methyl/N-ethyl adjacent to an activating group) is 1. The third-order valence-electron chi connectivity index (χ3n) is 5.21. The molecular formula is C22H28F2N4O2+2. The minimum atomic E-state index is -0.390. The molecule has 6 nitrogen and oxygen atoms in total. The second-order valence-corrected chi connectivity index (χ2v) is 7.80. The van der Waals surface area contributed by atoms with Gasteiger partial charge in [0, 0.05) is 11.3 Å². The van der Waals surface area contributed by atoms with Gasteiger partial charge < -0.3 is 20.0 Å². The largest absolute Gasteiger partial charge is 0.327 e. The van der Waals surface area contributed by atoms with Gasteiger partial charge in [-0.3, -0.25) is 9.59 Å². The van der Waals surface area contributed by atoms with Gasteiger partial charge in [-0.1, -0.05) is 18.2 Å². The van der Waals surface area contributed by atoms with Crippen molar-refractivity contribution in [3.05, 3.63) is 65.7 Å². The summed E-state index contributed by atoms with van der Waals surface area (Å²) in [4.78, 5) is 28.7. The number of rotatable bonds is 7. The molecule has 2 amide bonds. The number of quaternary nitrogens is 2. The van der Waals surface area contributed by atoms with Crippen molar-refractivity contribution >= 4 is 17.5 Å². The number of carbonyl (C=O) groups excluding carboxylic acids is 2. The molecule has 160 valence electrons. The van der Waals surface area contributed by atoms with E-state index in [2.05, 4.69) is 5.32 Å². The average molecular weight is 418 g/mol. The standard InChI is InChI=1S/C22H26F2N4O2/c1-26(14-17-5-7-18(23)8-6-17)16-22(30)28-11-9-27(10-12-28)15-21(29)25-20-4-2-3-19(24)13-20/h2-8,13H,9-12,14-16H2,1H3,(H,25,29)/p+2. The van der Waals surface area contributed by atoms with E-state index in [1.165, 1.54) is 24.3 Å². The second-order valence-electron chi connectivity index (χ2n) is 7.80. The SMILES string of the molecule is C[NH+](CC(=O)N1CC[NH+](CC(=O)Nc2cccc(F)c2)CC1)Cc1ccc(F)cc1. The highest BCUT2D eigenvalue weighted by Crippen LogP contribution is 2.08. The topological polar surface area (TPSA) is 58.3 Å². The molecule has 1 aliphatic rings. The number of benzene rings is 2. The van der Waals surface area contributed by atoms with Crippen LogP contribution in [0.2, 0.25) is 0 Å². The first-order chi connectivity index (χ1) is 14.4. The second kappa shape index (κ2) is 10.3. The lowest BCUT2D eigenvalue weighted by Gasteiger charge is -2.32. The number of nitrogens with one attached hydrogen (secondary N) is 3. The molecule has 1 unspecified atom stereocenters. The van der Waals surface area contributed by atoms with Gasteiger partial charge in [0.25, 0.3) is 11.8 Å². The van der Waals surface area contributed by atoms with E-state index >= 15 is 0 Å². The number of hydrogen-bond donors (Lipinski definition) is 3. The molecule has 8 heteroatoms. The smallest absolute Gasteiger partial charge is 0.279 e. The summed E-state index contributed by atoms with van der Waals surface area (Å²) in [6, 6.07) is 12.1. The van der Waals surface area contributed by atoms with Gasteiger partial charge in [-0.2, -0.15) is 0 Å². The lowest BCUT2D eigenvalue weighted by Crippen LogP contribution is -3.16. The molecule has 0 aromatic heterocycles. The molecule has 0 bridgehead atoms. The Morgan fingerprint density at radius 2 is 1.77 bits per heavy atom. The molecule has 3 rings (SSSR count). The zero-order valence-electron chi connectivity index (χ0n) is 17.1. The summed E-state index contributed by atoms with van der Waals surface area (Å²) >= 11 is 0. The average Bonchev–Trinajstić information content (AvgIpc) is 2.70. The molecule has 3 N–H and O–H groups in total.